The van der Waals surface area contributed by atoms with Crippen molar-refractivity contribution in [2.45, 2.75) is 12.8 Å². The molecule has 136 valence electrons. The monoisotopic (exact) mass is 369 g/mol. The number of nitrogens with zero attached hydrogens (tertiary/aromatic N) is 4. The molecule has 0 amide bonds. The molecule has 3 N–H and O–H groups in total. The second-order valence-corrected chi connectivity index (χ2v) is 5.38. The van der Waals surface area contributed by atoms with Crippen LogP contribution in [0.2, 0.25) is 0 Å². The summed E-state index contributed by atoms with van der Waals surface area (Å²) in [6.07, 6.45) is -1.28. The number of alkyl halides is 2. The number of aromatic amines is 1. The Balaban J connectivity index is 1.68. The van der Waals surface area contributed by atoms with Gasteiger partial charge in [0.15, 0.2) is 5.82 Å². The van der Waals surface area contributed by atoms with Crippen LogP contribution < -0.4 is 10.6 Å². The lowest BCUT2D eigenvalue weighted by atomic mass is 10.1. The SMILES string of the molecule is N#CCc1ccc(Nc2nccc(Nc3cc(C(=O)C(F)F)[nH]n3)n2)cc1. The molecule has 0 unspecified atom stereocenters. The molecule has 1 aromatic carbocycles. The van der Waals surface area contributed by atoms with Gasteiger partial charge in [-0.3, -0.25) is 9.89 Å². The van der Waals surface area contributed by atoms with Crippen LogP contribution in [0.3, 0.4) is 0 Å². The fourth-order valence-corrected chi connectivity index (χ4v) is 2.18. The second-order valence-electron chi connectivity index (χ2n) is 5.38. The number of carbonyl (C=O) groups excluding carboxylic acids is 1. The van der Waals surface area contributed by atoms with Gasteiger partial charge in [0, 0.05) is 18.0 Å². The predicted octanol–water partition coefficient (Wildman–Crippen LogP) is 3.20. The van der Waals surface area contributed by atoms with E-state index in [2.05, 4.69) is 36.9 Å². The van der Waals surface area contributed by atoms with Crippen molar-refractivity contribution < 1.29 is 13.6 Å². The molecule has 0 aliphatic rings. The maximum Gasteiger partial charge on any atom is 0.302 e. The van der Waals surface area contributed by atoms with Crippen LogP contribution in [0.5, 0.6) is 0 Å². The molecular weight excluding hydrogens is 356 g/mol. The Kier molecular flexibility index (Phi) is 5.32. The summed E-state index contributed by atoms with van der Waals surface area (Å²) in [7, 11) is 0. The number of ketones is 1. The molecule has 0 saturated heterocycles. The van der Waals surface area contributed by atoms with Crippen molar-refractivity contribution in [3.8, 4) is 6.07 Å². The Labute approximate surface area is 152 Å². The molecule has 0 saturated carbocycles. The van der Waals surface area contributed by atoms with Crippen molar-refractivity contribution in [3.05, 3.63) is 53.9 Å². The van der Waals surface area contributed by atoms with Crippen LogP contribution in [0.4, 0.5) is 32.1 Å². The molecule has 0 atom stereocenters. The fourth-order valence-electron chi connectivity index (χ4n) is 2.18. The number of hydrogen-bond donors (Lipinski definition) is 3. The number of H-pyrrole nitrogens is 1. The summed E-state index contributed by atoms with van der Waals surface area (Å²) in [5.41, 5.74) is 1.34. The largest absolute Gasteiger partial charge is 0.324 e. The van der Waals surface area contributed by atoms with Gasteiger partial charge in [-0.05, 0) is 23.8 Å². The smallest absolute Gasteiger partial charge is 0.302 e. The van der Waals surface area contributed by atoms with E-state index in [-0.39, 0.29) is 11.5 Å². The molecule has 3 aromatic rings. The molecule has 10 heteroatoms. The molecule has 0 radical (unpaired) electrons. The lowest BCUT2D eigenvalue weighted by Gasteiger charge is -2.07. The number of anilines is 4. The highest BCUT2D eigenvalue weighted by Crippen LogP contribution is 2.18. The van der Waals surface area contributed by atoms with E-state index in [9.17, 15) is 13.6 Å². The van der Waals surface area contributed by atoms with Gasteiger partial charge in [-0.15, -0.1) is 0 Å². The number of halogens is 2. The number of hydrogen-bond acceptors (Lipinski definition) is 7. The summed E-state index contributed by atoms with van der Waals surface area (Å²) < 4.78 is 24.8. The zero-order chi connectivity index (χ0) is 19.2. The molecule has 0 aliphatic heterocycles. The Morgan fingerprint density at radius 2 is 1.96 bits per heavy atom. The zero-order valence-corrected chi connectivity index (χ0v) is 13.8. The Morgan fingerprint density at radius 1 is 1.19 bits per heavy atom. The van der Waals surface area contributed by atoms with Gasteiger partial charge in [0.05, 0.1) is 12.5 Å². The van der Waals surface area contributed by atoms with Gasteiger partial charge in [0.2, 0.25) is 11.7 Å². The zero-order valence-electron chi connectivity index (χ0n) is 13.8. The first-order chi connectivity index (χ1) is 13.0. The average molecular weight is 369 g/mol. The third kappa shape index (κ3) is 4.60. The van der Waals surface area contributed by atoms with Crippen molar-refractivity contribution in [2.24, 2.45) is 0 Å². The lowest BCUT2D eigenvalue weighted by Crippen LogP contribution is -2.10. The van der Waals surface area contributed by atoms with Crippen LogP contribution in [-0.4, -0.2) is 32.4 Å². The minimum absolute atomic E-state index is 0.171. The maximum absolute atomic E-state index is 12.4. The number of Topliss-reactive ketones (excluding diaryl/α,β-unsaturated/α-hetero) is 1. The molecule has 0 bridgehead atoms. The van der Waals surface area contributed by atoms with Gasteiger partial charge in [-0.25, -0.2) is 13.8 Å². The minimum Gasteiger partial charge on any atom is -0.324 e. The van der Waals surface area contributed by atoms with Gasteiger partial charge in [0.25, 0.3) is 0 Å². The van der Waals surface area contributed by atoms with Gasteiger partial charge >= 0.3 is 6.43 Å². The van der Waals surface area contributed by atoms with Crippen molar-refractivity contribution in [3.63, 3.8) is 0 Å². The van der Waals surface area contributed by atoms with Crippen LogP contribution in [0.15, 0.2) is 42.6 Å². The van der Waals surface area contributed by atoms with Crippen LogP contribution >= 0.6 is 0 Å². The van der Waals surface area contributed by atoms with Crippen LogP contribution in [0.25, 0.3) is 0 Å². The number of aromatic nitrogens is 4. The van der Waals surface area contributed by atoms with Gasteiger partial charge < -0.3 is 10.6 Å². The second kappa shape index (κ2) is 8.01. The molecule has 0 aliphatic carbocycles. The standard InChI is InChI=1S/C17H13F2N7O/c18-16(19)15(27)12-9-14(26-25-12)23-13-6-8-21-17(24-13)22-11-3-1-10(2-4-11)5-7-20/h1-4,6,8-9,16H,5H2,(H3,21,22,23,24,25,26). The van der Waals surface area contributed by atoms with Crippen LogP contribution in [0.1, 0.15) is 16.1 Å². The number of nitrogens with one attached hydrogen (secondary N) is 3. The summed E-state index contributed by atoms with van der Waals surface area (Å²) in [4.78, 5) is 19.6. The van der Waals surface area contributed by atoms with Crippen molar-refractivity contribution in [2.75, 3.05) is 10.6 Å². The maximum atomic E-state index is 12.4. The summed E-state index contributed by atoms with van der Waals surface area (Å²) in [6.45, 7) is 0. The molecule has 27 heavy (non-hydrogen) atoms. The van der Waals surface area contributed by atoms with Crippen molar-refractivity contribution in [1.29, 1.82) is 5.26 Å². The Morgan fingerprint density at radius 3 is 2.67 bits per heavy atom. The fraction of sp³-hybridized carbons (Fsp3) is 0.118. The van der Waals surface area contributed by atoms with E-state index in [1.54, 1.807) is 18.2 Å². The molecular formula is C17H13F2N7O. The first-order valence-electron chi connectivity index (χ1n) is 7.76. The quantitative estimate of drug-likeness (QED) is 0.547. The van der Waals surface area contributed by atoms with E-state index in [1.807, 2.05) is 12.1 Å². The highest BCUT2D eigenvalue weighted by atomic mass is 19.3. The Hall–Kier alpha value is -3.87. The van der Waals surface area contributed by atoms with Crippen LogP contribution in [-0.2, 0) is 6.42 Å². The highest BCUT2D eigenvalue weighted by Gasteiger charge is 2.20. The first-order valence-corrected chi connectivity index (χ1v) is 7.76. The molecule has 8 nitrogen and oxygen atoms in total. The molecule has 3 rings (SSSR count). The number of carbonyl (C=O) groups is 1. The van der Waals surface area contributed by atoms with E-state index in [0.717, 1.165) is 11.3 Å². The third-order valence-corrected chi connectivity index (χ3v) is 3.45. The number of benzene rings is 1. The topological polar surface area (TPSA) is 119 Å². The van der Waals surface area contributed by atoms with E-state index in [0.29, 0.717) is 18.2 Å². The lowest BCUT2D eigenvalue weighted by molar-refractivity contribution is 0.0673. The van der Waals surface area contributed by atoms with E-state index in [4.69, 9.17) is 5.26 Å². The minimum atomic E-state index is -3.10. The van der Waals surface area contributed by atoms with Crippen molar-refractivity contribution >= 4 is 29.1 Å². The van der Waals surface area contributed by atoms with E-state index in [1.165, 1.54) is 12.3 Å². The van der Waals surface area contributed by atoms with Gasteiger partial charge in [0.1, 0.15) is 11.5 Å². The van der Waals surface area contributed by atoms with Crippen molar-refractivity contribution in [1.82, 2.24) is 20.2 Å². The third-order valence-electron chi connectivity index (χ3n) is 3.45. The molecule has 2 heterocycles. The number of rotatable bonds is 7. The summed E-state index contributed by atoms with van der Waals surface area (Å²) in [5, 5.41) is 20.5. The first kappa shape index (κ1) is 17.9. The summed E-state index contributed by atoms with van der Waals surface area (Å²) >= 11 is 0. The van der Waals surface area contributed by atoms with E-state index >= 15 is 0 Å². The normalized spacial score (nSPS) is 10.4. The van der Waals surface area contributed by atoms with Gasteiger partial charge in [-0.1, -0.05) is 12.1 Å². The number of nitriles is 1. The summed E-state index contributed by atoms with van der Waals surface area (Å²) in [5.74, 6) is -0.506. The van der Waals surface area contributed by atoms with E-state index < -0.39 is 12.2 Å². The highest BCUT2D eigenvalue weighted by molar-refractivity contribution is 5.97. The summed E-state index contributed by atoms with van der Waals surface area (Å²) in [6, 6.07) is 12.0. The molecule has 0 spiro atoms. The molecule has 0 fully saturated rings. The molecule has 2 aromatic heterocycles. The van der Waals surface area contributed by atoms with Crippen LogP contribution in [0, 0.1) is 11.3 Å². The predicted molar refractivity (Wildman–Crippen MR) is 93.3 cm³/mol. The average Bonchev–Trinajstić information content (AvgIpc) is 3.11. The van der Waals surface area contributed by atoms with Gasteiger partial charge in [-0.2, -0.15) is 15.3 Å². The Bertz CT molecular complexity index is 979.